The molecule has 0 saturated carbocycles. The Labute approximate surface area is 173 Å². The second-order valence-electron chi connectivity index (χ2n) is 8.16. The molecule has 0 bridgehead atoms. The van der Waals surface area contributed by atoms with E-state index in [0.717, 1.165) is 5.69 Å². The molecule has 0 saturated heterocycles. The Morgan fingerprint density at radius 3 is 2.03 bits per heavy atom. The van der Waals surface area contributed by atoms with Crippen molar-refractivity contribution in [3.05, 3.63) is 54.1 Å². The molecule has 2 aromatic rings. The quantitative estimate of drug-likeness (QED) is 0.745. The van der Waals surface area contributed by atoms with Gasteiger partial charge in [0, 0.05) is 31.7 Å². The maximum absolute atomic E-state index is 13.4. The third-order valence-corrected chi connectivity index (χ3v) is 6.79. The van der Waals surface area contributed by atoms with Crippen LogP contribution in [0.3, 0.4) is 0 Å². The zero-order chi connectivity index (χ0) is 21.8. The first-order valence-electron chi connectivity index (χ1n) is 9.40. The molecule has 0 aliphatic carbocycles. The van der Waals surface area contributed by atoms with Crippen LogP contribution >= 0.6 is 0 Å². The summed E-state index contributed by atoms with van der Waals surface area (Å²) in [7, 11) is 1.63. The van der Waals surface area contributed by atoms with Gasteiger partial charge >= 0.3 is 0 Å². The van der Waals surface area contributed by atoms with E-state index in [1.807, 2.05) is 31.1 Å². The van der Waals surface area contributed by atoms with Crippen molar-refractivity contribution < 1.29 is 17.9 Å². The SMILES string of the molecule is COc1ccc(S(=O)(=O)[C@@H](CNC(=O)C(C)(C)C)c2ccc(N(C)C)cc2)cc1. The fourth-order valence-corrected chi connectivity index (χ4v) is 4.44. The Hall–Kier alpha value is -2.54. The molecule has 158 valence electrons. The molecule has 0 heterocycles. The van der Waals surface area contributed by atoms with Gasteiger partial charge in [0.15, 0.2) is 9.84 Å². The molecule has 1 N–H and O–H groups in total. The van der Waals surface area contributed by atoms with E-state index in [2.05, 4.69) is 5.32 Å². The number of hydrogen-bond donors (Lipinski definition) is 1. The highest BCUT2D eigenvalue weighted by Crippen LogP contribution is 2.31. The highest BCUT2D eigenvalue weighted by Gasteiger charge is 2.31. The van der Waals surface area contributed by atoms with Crippen molar-refractivity contribution in [3.8, 4) is 5.75 Å². The van der Waals surface area contributed by atoms with E-state index in [4.69, 9.17) is 4.74 Å². The average molecular weight is 419 g/mol. The van der Waals surface area contributed by atoms with Gasteiger partial charge in [0.25, 0.3) is 0 Å². The molecule has 0 unspecified atom stereocenters. The van der Waals surface area contributed by atoms with Crippen LogP contribution in [-0.4, -0.2) is 42.1 Å². The lowest BCUT2D eigenvalue weighted by Gasteiger charge is -2.23. The number of sulfone groups is 1. The number of carbonyl (C=O) groups is 1. The third kappa shape index (κ3) is 5.50. The summed E-state index contributed by atoms with van der Waals surface area (Å²) < 4.78 is 31.9. The lowest BCUT2D eigenvalue weighted by atomic mass is 9.95. The van der Waals surface area contributed by atoms with Crippen molar-refractivity contribution in [1.29, 1.82) is 0 Å². The van der Waals surface area contributed by atoms with Gasteiger partial charge in [-0.3, -0.25) is 4.79 Å². The van der Waals surface area contributed by atoms with E-state index in [0.29, 0.717) is 11.3 Å². The normalized spacial score (nSPS) is 12.9. The van der Waals surface area contributed by atoms with Gasteiger partial charge in [-0.25, -0.2) is 8.42 Å². The standard InChI is InChI=1S/C22H30N2O4S/c1-22(2,3)21(25)23-15-20(16-7-9-17(10-8-16)24(4)5)29(26,27)19-13-11-18(28-6)12-14-19/h7-14,20H,15H2,1-6H3,(H,23,25)/t20-/m0/s1. The molecule has 0 spiro atoms. The minimum absolute atomic E-state index is 0.00816. The first kappa shape index (κ1) is 22.7. The van der Waals surface area contributed by atoms with Crippen LogP contribution in [0.5, 0.6) is 5.75 Å². The number of rotatable bonds is 7. The van der Waals surface area contributed by atoms with Gasteiger partial charge < -0.3 is 15.0 Å². The molecule has 1 amide bonds. The third-order valence-electron chi connectivity index (χ3n) is 4.67. The number of benzene rings is 2. The van der Waals surface area contributed by atoms with E-state index in [1.165, 1.54) is 19.2 Å². The van der Waals surface area contributed by atoms with Crippen LogP contribution in [0, 0.1) is 5.41 Å². The Balaban J connectivity index is 2.43. The predicted octanol–water partition coefficient (Wildman–Crippen LogP) is 3.44. The van der Waals surface area contributed by atoms with Gasteiger partial charge in [0.2, 0.25) is 5.91 Å². The zero-order valence-corrected chi connectivity index (χ0v) is 18.7. The summed E-state index contributed by atoms with van der Waals surface area (Å²) in [6, 6.07) is 13.6. The Bertz CT molecular complexity index is 928. The fourth-order valence-electron chi connectivity index (χ4n) is 2.77. The van der Waals surface area contributed by atoms with Crippen molar-refractivity contribution in [2.24, 2.45) is 5.41 Å². The van der Waals surface area contributed by atoms with E-state index >= 15 is 0 Å². The van der Waals surface area contributed by atoms with Crippen LogP contribution in [0.25, 0.3) is 0 Å². The van der Waals surface area contributed by atoms with Crippen LogP contribution in [0.4, 0.5) is 5.69 Å². The first-order chi connectivity index (χ1) is 13.5. The number of hydrogen-bond acceptors (Lipinski definition) is 5. The number of methoxy groups -OCH3 is 1. The first-order valence-corrected chi connectivity index (χ1v) is 10.9. The molecule has 0 aliphatic rings. The Morgan fingerprint density at radius 1 is 1.03 bits per heavy atom. The molecular formula is C22H30N2O4S. The molecule has 2 rings (SSSR count). The maximum atomic E-state index is 13.4. The smallest absolute Gasteiger partial charge is 0.225 e. The Morgan fingerprint density at radius 2 is 1.59 bits per heavy atom. The van der Waals surface area contributed by atoms with Crippen molar-refractivity contribution in [2.45, 2.75) is 30.9 Å². The van der Waals surface area contributed by atoms with Gasteiger partial charge in [-0.1, -0.05) is 32.9 Å². The lowest BCUT2D eigenvalue weighted by molar-refractivity contribution is -0.128. The van der Waals surface area contributed by atoms with Crippen LogP contribution in [0.2, 0.25) is 0 Å². The lowest BCUT2D eigenvalue weighted by Crippen LogP contribution is -2.38. The molecule has 0 radical (unpaired) electrons. The van der Waals surface area contributed by atoms with E-state index < -0.39 is 20.5 Å². The highest BCUT2D eigenvalue weighted by atomic mass is 32.2. The fraction of sp³-hybridized carbons (Fsp3) is 0.409. The van der Waals surface area contributed by atoms with Crippen LogP contribution in [0.15, 0.2) is 53.4 Å². The van der Waals surface area contributed by atoms with Gasteiger partial charge in [-0.05, 0) is 42.0 Å². The molecule has 29 heavy (non-hydrogen) atoms. The van der Waals surface area contributed by atoms with Crippen molar-refractivity contribution in [2.75, 3.05) is 32.6 Å². The maximum Gasteiger partial charge on any atom is 0.225 e. The summed E-state index contributed by atoms with van der Waals surface area (Å²) in [5.41, 5.74) is 0.983. The zero-order valence-electron chi connectivity index (χ0n) is 17.9. The van der Waals surface area contributed by atoms with E-state index in [-0.39, 0.29) is 17.3 Å². The predicted molar refractivity (Wildman–Crippen MR) is 116 cm³/mol. The van der Waals surface area contributed by atoms with Crippen molar-refractivity contribution in [3.63, 3.8) is 0 Å². The molecule has 0 fully saturated rings. The minimum atomic E-state index is -3.74. The summed E-state index contributed by atoms with van der Waals surface area (Å²) in [6.07, 6.45) is 0. The largest absolute Gasteiger partial charge is 0.497 e. The molecule has 0 aliphatic heterocycles. The summed E-state index contributed by atoms with van der Waals surface area (Å²) in [6.45, 7) is 5.37. The van der Waals surface area contributed by atoms with Gasteiger partial charge in [-0.15, -0.1) is 0 Å². The average Bonchev–Trinajstić information content (AvgIpc) is 2.67. The summed E-state index contributed by atoms with van der Waals surface area (Å²) in [5, 5.41) is 1.90. The molecule has 7 heteroatoms. The van der Waals surface area contributed by atoms with E-state index in [9.17, 15) is 13.2 Å². The van der Waals surface area contributed by atoms with E-state index in [1.54, 1.807) is 45.0 Å². The topological polar surface area (TPSA) is 75.7 Å². The van der Waals surface area contributed by atoms with Crippen molar-refractivity contribution in [1.82, 2.24) is 5.32 Å². The second kappa shape index (κ2) is 8.86. The summed E-state index contributed by atoms with van der Waals surface area (Å²) >= 11 is 0. The van der Waals surface area contributed by atoms with Crippen LogP contribution in [-0.2, 0) is 14.6 Å². The monoisotopic (exact) mass is 418 g/mol. The number of nitrogens with one attached hydrogen (secondary N) is 1. The molecule has 1 atom stereocenters. The molecule has 2 aromatic carbocycles. The number of anilines is 1. The second-order valence-corrected chi connectivity index (χ2v) is 10.3. The number of nitrogens with zero attached hydrogens (tertiary/aromatic N) is 1. The molecular weight excluding hydrogens is 388 g/mol. The molecule has 6 nitrogen and oxygen atoms in total. The number of carbonyl (C=O) groups excluding carboxylic acids is 1. The van der Waals surface area contributed by atoms with Gasteiger partial charge in [0.1, 0.15) is 11.0 Å². The minimum Gasteiger partial charge on any atom is -0.497 e. The highest BCUT2D eigenvalue weighted by molar-refractivity contribution is 7.91. The van der Waals surface area contributed by atoms with Crippen LogP contribution < -0.4 is 15.0 Å². The van der Waals surface area contributed by atoms with Gasteiger partial charge in [-0.2, -0.15) is 0 Å². The number of amides is 1. The number of ether oxygens (including phenoxy) is 1. The molecule has 0 aromatic heterocycles. The summed E-state index contributed by atoms with van der Waals surface area (Å²) in [4.78, 5) is 14.5. The van der Waals surface area contributed by atoms with Crippen LogP contribution in [0.1, 0.15) is 31.6 Å². The summed E-state index contributed by atoms with van der Waals surface area (Å²) in [5.74, 6) is 0.384. The van der Waals surface area contributed by atoms with Gasteiger partial charge in [0.05, 0.1) is 12.0 Å². The Kier molecular flexibility index (Phi) is 6.95. The van der Waals surface area contributed by atoms with Crippen molar-refractivity contribution >= 4 is 21.4 Å².